The average Bonchev–Trinajstić information content (AvgIpc) is 2.59. The maximum atomic E-state index is 9.64. The second-order valence-electron chi connectivity index (χ2n) is 6.94. The molecular formula is C20H42O4P+. The van der Waals surface area contributed by atoms with Gasteiger partial charge in [-0.05, 0) is 25.7 Å². The first-order chi connectivity index (χ1) is 11.9. The highest BCUT2D eigenvalue weighted by Crippen LogP contribution is 2.61. The van der Waals surface area contributed by atoms with Crippen molar-refractivity contribution < 1.29 is 19.8 Å². The van der Waals surface area contributed by atoms with E-state index in [9.17, 15) is 9.59 Å². The Kier molecular flexibility index (Phi) is 19.3. The van der Waals surface area contributed by atoms with Gasteiger partial charge in [0.25, 0.3) is 0 Å². The van der Waals surface area contributed by atoms with E-state index in [1.807, 2.05) is 0 Å². The fourth-order valence-corrected chi connectivity index (χ4v) is 8.15. The number of hydrogen-bond donors (Lipinski definition) is 2. The van der Waals surface area contributed by atoms with Crippen molar-refractivity contribution in [2.45, 2.75) is 91.9 Å². The molecule has 4 nitrogen and oxygen atoms in total. The summed E-state index contributed by atoms with van der Waals surface area (Å²) in [5.41, 5.74) is 0. The maximum absolute atomic E-state index is 9.64. The minimum atomic E-state index is -1.08. The highest BCUT2D eigenvalue weighted by molar-refractivity contribution is 7.75. The third-order valence-electron chi connectivity index (χ3n) is 4.50. The molecule has 0 amide bonds. The number of hydrogen-bond acceptors (Lipinski definition) is 2. The molecule has 0 saturated carbocycles. The zero-order valence-corrected chi connectivity index (χ0v) is 18.0. The van der Waals surface area contributed by atoms with Crippen LogP contribution >= 0.6 is 7.26 Å². The van der Waals surface area contributed by atoms with Gasteiger partial charge in [-0.15, -0.1) is 0 Å². The Balaban J connectivity index is 0. The van der Waals surface area contributed by atoms with Crippen LogP contribution in [0.4, 0.5) is 0 Å². The molecule has 0 rings (SSSR count). The van der Waals surface area contributed by atoms with Crippen molar-refractivity contribution in [1.29, 1.82) is 0 Å². The van der Waals surface area contributed by atoms with Gasteiger partial charge < -0.3 is 10.2 Å². The third kappa shape index (κ3) is 18.0. The maximum Gasteiger partial charge on any atom is 0.303 e. The molecule has 0 bridgehead atoms. The molecule has 5 heteroatoms. The molecule has 0 radical (unpaired) electrons. The number of carbonyl (C=O) groups is 2. The van der Waals surface area contributed by atoms with Crippen molar-refractivity contribution in [2.75, 3.05) is 24.6 Å². The van der Waals surface area contributed by atoms with E-state index in [0.29, 0.717) is 0 Å². The van der Waals surface area contributed by atoms with Crippen LogP contribution in [0.2, 0.25) is 0 Å². The zero-order valence-electron chi connectivity index (χ0n) is 17.1. The number of aliphatic carboxylic acids is 2. The van der Waals surface area contributed by atoms with Gasteiger partial charge in [-0.3, -0.25) is 9.59 Å². The molecule has 0 aromatic heterocycles. The van der Waals surface area contributed by atoms with Crippen LogP contribution in [0.25, 0.3) is 0 Å². The zero-order chi connectivity index (χ0) is 19.6. The van der Waals surface area contributed by atoms with Crippen LogP contribution in [0.5, 0.6) is 0 Å². The van der Waals surface area contributed by atoms with Crippen LogP contribution < -0.4 is 0 Å². The van der Waals surface area contributed by atoms with E-state index in [-0.39, 0.29) is 12.8 Å². The monoisotopic (exact) mass is 377 g/mol. The SMILES string of the molecule is CCCC[P+](CCCC)(CCCC)CCCC.O=C(O)CCC(=O)O. The lowest BCUT2D eigenvalue weighted by molar-refractivity contribution is -0.143. The summed E-state index contributed by atoms with van der Waals surface area (Å²) in [6.45, 7) is 9.42. The van der Waals surface area contributed by atoms with Gasteiger partial charge in [-0.1, -0.05) is 53.4 Å². The van der Waals surface area contributed by atoms with E-state index in [2.05, 4.69) is 27.7 Å². The van der Waals surface area contributed by atoms with Gasteiger partial charge in [-0.2, -0.15) is 0 Å². The van der Waals surface area contributed by atoms with Gasteiger partial charge in [0, 0.05) is 7.26 Å². The first-order valence-electron chi connectivity index (χ1n) is 10.2. The fourth-order valence-electron chi connectivity index (χ4n) is 2.86. The summed E-state index contributed by atoms with van der Waals surface area (Å²) in [5.74, 6) is -2.15. The molecule has 0 saturated heterocycles. The van der Waals surface area contributed by atoms with Crippen LogP contribution in [0.15, 0.2) is 0 Å². The highest BCUT2D eigenvalue weighted by atomic mass is 31.2. The molecule has 0 aromatic rings. The van der Waals surface area contributed by atoms with E-state index in [1.54, 1.807) is 24.6 Å². The van der Waals surface area contributed by atoms with Crippen molar-refractivity contribution in [3.8, 4) is 0 Å². The Bertz CT molecular complexity index is 280. The smallest absolute Gasteiger partial charge is 0.303 e. The first kappa shape index (κ1) is 26.6. The Morgan fingerprint density at radius 1 is 0.600 bits per heavy atom. The van der Waals surface area contributed by atoms with Crippen molar-refractivity contribution >= 4 is 19.2 Å². The Hall–Kier alpha value is -0.630. The van der Waals surface area contributed by atoms with Crippen LogP contribution in [-0.2, 0) is 9.59 Å². The standard InChI is InChI=1S/C16H36P.C4H6O4/c1-5-9-13-17(14-10-6-2,15-11-7-3)16-12-8-4;5-3(6)1-2-4(7)8/h5-16H2,1-4H3;1-2H2,(H,5,6)(H,7,8)/q+1;. The highest BCUT2D eigenvalue weighted by Gasteiger charge is 2.34. The summed E-state index contributed by atoms with van der Waals surface area (Å²) in [5, 5.41) is 15.8. The summed E-state index contributed by atoms with van der Waals surface area (Å²) in [4.78, 5) is 19.3. The molecule has 0 aliphatic carbocycles. The van der Waals surface area contributed by atoms with Crippen molar-refractivity contribution in [3.05, 3.63) is 0 Å². The molecule has 2 N–H and O–H groups in total. The second kappa shape index (κ2) is 18.2. The Labute approximate surface area is 156 Å². The molecule has 0 spiro atoms. The van der Waals surface area contributed by atoms with Crippen molar-refractivity contribution in [1.82, 2.24) is 0 Å². The average molecular weight is 378 g/mol. The Morgan fingerprint density at radius 2 is 0.840 bits per heavy atom. The van der Waals surface area contributed by atoms with Gasteiger partial charge in [0.1, 0.15) is 0 Å². The van der Waals surface area contributed by atoms with Gasteiger partial charge in [-0.25, -0.2) is 0 Å². The van der Waals surface area contributed by atoms with Gasteiger partial charge >= 0.3 is 11.9 Å². The topological polar surface area (TPSA) is 74.6 Å². The van der Waals surface area contributed by atoms with Gasteiger partial charge in [0.05, 0.1) is 37.5 Å². The minimum Gasteiger partial charge on any atom is -0.481 e. The van der Waals surface area contributed by atoms with E-state index >= 15 is 0 Å². The predicted octanol–water partition coefficient (Wildman–Crippen LogP) is 6.14. The summed E-state index contributed by atoms with van der Waals surface area (Å²) >= 11 is 0. The van der Waals surface area contributed by atoms with Crippen LogP contribution in [0.1, 0.15) is 91.9 Å². The molecule has 0 atom stereocenters. The molecular weight excluding hydrogens is 335 g/mol. The van der Waals surface area contributed by atoms with E-state index < -0.39 is 19.2 Å². The van der Waals surface area contributed by atoms with Crippen LogP contribution in [0, 0.1) is 0 Å². The van der Waals surface area contributed by atoms with E-state index in [4.69, 9.17) is 10.2 Å². The number of rotatable bonds is 15. The Morgan fingerprint density at radius 3 is 1.00 bits per heavy atom. The molecule has 0 heterocycles. The minimum absolute atomic E-state index is 0.296. The van der Waals surface area contributed by atoms with Gasteiger partial charge in [0.15, 0.2) is 0 Å². The summed E-state index contributed by atoms with van der Waals surface area (Å²) in [6, 6.07) is 0. The normalized spacial score (nSPS) is 10.9. The third-order valence-corrected chi connectivity index (χ3v) is 9.56. The quantitative estimate of drug-likeness (QED) is 0.336. The lowest BCUT2D eigenvalue weighted by atomic mass is 10.3. The second-order valence-corrected chi connectivity index (χ2v) is 11.4. The molecule has 0 aliphatic rings. The largest absolute Gasteiger partial charge is 0.481 e. The number of unbranched alkanes of at least 4 members (excludes halogenated alkanes) is 4. The van der Waals surface area contributed by atoms with Crippen LogP contribution in [0.3, 0.4) is 0 Å². The fraction of sp³-hybridized carbons (Fsp3) is 0.900. The summed E-state index contributed by atoms with van der Waals surface area (Å²) < 4.78 is 0. The lowest BCUT2D eigenvalue weighted by Gasteiger charge is -2.28. The van der Waals surface area contributed by atoms with E-state index in [1.165, 1.54) is 51.4 Å². The first-order valence-corrected chi connectivity index (χ1v) is 12.7. The number of carboxylic acids is 2. The van der Waals surface area contributed by atoms with Crippen LogP contribution in [-0.4, -0.2) is 46.8 Å². The summed E-state index contributed by atoms with van der Waals surface area (Å²) in [7, 11) is -0.562. The van der Waals surface area contributed by atoms with Crippen molar-refractivity contribution in [2.24, 2.45) is 0 Å². The lowest BCUT2D eigenvalue weighted by Crippen LogP contribution is -2.12. The van der Waals surface area contributed by atoms with Crippen molar-refractivity contribution in [3.63, 3.8) is 0 Å². The molecule has 25 heavy (non-hydrogen) atoms. The predicted molar refractivity (Wildman–Crippen MR) is 111 cm³/mol. The van der Waals surface area contributed by atoms with Gasteiger partial charge in [0.2, 0.25) is 0 Å². The van der Waals surface area contributed by atoms with E-state index in [0.717, 1.165) is 0 Å². The molecule has 0 fully saturated rings. The molecule has 0 aliphatic heterocycles. The number of carboxylic acid groups (broad SMARTS) is 2. The molecule has 0 unspecified atom stereocenters. The summed E-state index contributed by atoms with van der Waals surface area (Å²) in [6.07, 6.45) is 17.4. The molecule has 150 valence electrons. The molecule has 0 aromatic carbocycles.